The van der Waals surface area contributed by atoms with Crippen molar-refractivity contribution in [2.45, 2.75) is 6.92 Å². The van der Waals surface area contributed by atoms with Gasteiger partial charge in [0, 0.05) is 17.7 Å². The lowest BCUT2D eigenvalue weighted by Gasteiger charge is -2.04. The zero-order valence-electron chi connectivity index (χ0n) is 8.39. The molecule has 16 heavy (non-hydrogen) atoms. The van der Waals surface area contributed by atoms with Crippen LogP contribution in [0.5, 0.6) is 0 Å². The van der Waals surface area contributed by atoms with E-state index in [2.05, 4.69) is 0 Å². The van der Waals surface area contributed by atoms with Gasteiger partial charge in [-0.15, -0.1) is 0 Å². The maximum Gasteiger partial charge on any atom is 0.319 e. The Morgan fingerprint density at radius 3 is 2.50 bits per heavy atom. The van der Waals surface area contributed by atoms with Crippen LogP contribution in [0.3, 0.4) is 0 Å². The van der Waals surface area contributed by atoms with Gasteiger partial charge in [-0.2, -0.15) is 0 Å². The number of nitro benzene ring substituents is 1. The van der Waals surface area contributed by atoms with Crippen molar-refractivity contribution in [3.8, 4) is 0 Å². The summed E-state index contributed by atoms with van der Waals surface area (Å²) in [5, 5.41) is 12.3. The zero-order valence-corrected chi connectivity index (χ0v) is 8.39. The summed E-state index contributed by atoms with van der Waals surface area (Å²) in [6.45, 7) is 1.53. The van der Waals surface area contributed by atoms with Gasteiger partial charge in [-0.3, -0.25) is 20.2 Å². The fraction of sp³-hybridized carbons (Fsp3) is 0.111. The van der Waals surface area contributed by atoms with Gasteiger partial charge in [0.1, 0.15) is 0 Å². The smallest absolute Gasteiger partial charge is 0.319 e. The lowest BCUT2D eigenvalue weighted by molar-refractivity contribution is -0.384. The number of nitrogens with two attached hydrogens (primary N) is 1. The van der Waals surface area contributed by atoms with Crippen LogP contribution in [0.25, 0.3) is 0 Å². The molecule has 0 aliphatic rings. The highest BCUT2D eigenvalue weighted by Gasteiger charge is 2.14. The molecule has 3 N–H and O–H groups in total. The van der Waals surface area contributed by atoms with Crippen molar-refractivity contribution < 1.29 is 14.5 Å². The summed E-state index contributed by atoms with van der Waals surface area (Å²) >= 11 is 0. The topological polar surface area (TPSA) is 115 Å². The fourth-order valence-corrected chi connectivity index (χ4v) is 1.20. The number of non-ortho nitro benzene ring substituents is 1. The molecule has 0 aromatic heterocycles. The van der Waals surface area contributed by atoms with E-state index in [1.165, 1.54) is 25.1 Å². The number of rotatable bonds is 2. The van der Waals surface area contributed by atoms with Gasteiger partial charge >= 0.3 is 6.03 Å². The molecule has 0 bridgehead atoms. The Kier molecular flexibility index (Phi) is 3.19. The number of benzene rings is 1. The molecule has 0 radical (unpaired) electrons. The Bertz CT molecular complexity index is 470. The van der Waals surface area contributed by atoms with Crippen molar-refractivity contribution in [2.75, 3.05) is 0 Å². The number of primary amides is 1. The van der Waals surface area contributed by atoms with E-state index < -0.39 is 16.9 Å². The first-order valence-corrected chi connectivity index (χ1v) is 4.27. The molecular weight excluding hydrogens is 214 g/mol. The minimum absolute atomic E-state index is 0.117. The third kappa shape index (κ3) is 2.53. The maximum atomic E-state index is 11.4. The van der Waals surface area contributed by atoms with E-state index >= 15 is 0 Å². The number of amides is 3. The highest BCUT2D eigenvalue weighted by molar-refractivity contribution is 6.04. The van der Waals surface area contributed by atoms with Crippen molar-refractivity contribution >= 4 is 17.6 Å². The van der Waals surface area contributed by atoms with Gasteiger partial charge in [0.2, 0.25) is 0 Å². The molecule has 1 aromatic carbocycles. The van der Waals surface area contributed by atoms with Crippen LogP contribution < -0.4 is 11.1 Å². The quantitative estimate of drug-likeness (QED) is 0.567. The van der Waals surface area contributed by atoms with Crippen molar-refractivity contribution in [2.24, 2.45) is 5.73 Å². The molecule has 0 atom stereocenters. The summed E-state index contributed by atoms with van der Waals surface area (Å²) in [6.07, 6.45) is 0. The summed E-state index contributed by atoms with van der Waals surface area (Å²) in [7, 11) is 0. The fourth-order valence-electron chi connectivity index (χ4n) is 1.20. The largest absolute Gasteiger partial charge is 0.351 e. The number of aryl methyl sites for hydroxylation is 1. The molecule has 0 aliphatic carbocycles. The lowest BCUT2D eigenvalue weighted by atomic mass is 10.1. The number of hydrogen-bond donors (Lipinski definition) is 2. The Morgan fingerprint density at radius 1 is 1.44 bits per heavy atom. The van der Waals surface area contributed by atoms with Gasteiger partial charge < -0.3 is 5.73 Å². The summed E-state index contributed by atoms with van der Waals surface area (Å²) in [5.74, 6) is -0.681. The molecule has 0 fully saturated rings. The predicted molar refractivity (Wildman–Crippen MR) is 54.9 cm³/mol. The van der Waals surface area contributed by atoms with E-state index in [1.807, 2.05) is 5.32 Å². The average molecular weight is 223 g/mol. The number of imide groups is 1. The molecule has 0 spiro atoms. The number of nitrogens with one attached hydrogen (secondary N) is 1. The Labute approximate surface area is 90.4 Å². The van der Waals surface area contributed by atoms with Crippen molar-refractivity contribution in [1.29, 1.82) is 0 Å². The molecule has 3 amide bonds. The third-order valence-electron chi connectivity index (χ3n) is 1.90. The number of carbonyl (C=O) groups excluding carboxylic acids is 2. The summed E-state index contributed by atoms with van der Waals surface area (Å²) < 4.78 is 0. The van der Waals surface area contributed by atoms with Crippen LogP contribution in [-0.2, 0) is 0 Å². The van der Waals surface area contributed by atoms with Crippen molar-refractivity contribution in [3.63, 3.8) is 0 Å². The normalized spacial score (nSPS) is 9.56. The first-order chi connectivity index (χ1) is 7.41. The van der Waals surface area contributed by atoms with Gasteiger partial charge in [-0.1, -0.05) is 0 Å². The average Bonchev–Trinajstić information content (AvgIpc) is 2.15. The molecule has 1 rings (SSSR count). The molecule has 7 heteroatoms. The number of urea groups is 1. The third-order valence-corrected chi connectivity index (χ3v) is 1.90. The molecule has 0 saturated heterocycles. The van der Waals surface area contributed by atoms with E-state index in [0.717, 1.165) is 0 Å². The lowest BCUT2D eigenvalue weighted by Crippen LogP contribution is -2.35. The molecule has 0 aliphatic heterocycles. The molecule has 84 valence electrons. The van der Waals surface area contributed by atoms with Crippen LogP contribution >= 0.6 is 0 Å². The van der Waals surface area contributed by atoms with E-state index in [1.54, 1.807) is 0 Å². The highest BCUT2D eigenvalue weighted by Crippen LogP contribution is 2.16. The second-order valence-corrected chi connectivity index (χ2v) is 3.07. The van der Waals surface area contributed by atoms with Crippen LogP contribution in [-0.4, -0.2) is 16.9 Å². The first kappa shape index (κ1) is 11.6. The SMILES string of the molecule is Cc1cc([N+](=O)[O-])ccc1C(=O)NC(N)=O. The summed E-state index contributed by atoms with van der Waals surface area (Å²) in [6, 6.07) is 2.73. The van der Waals surface area contributed by atoms with E-state index in [0.29, 0.717) is 5.56 Å². The Morgan fingerprint density at radius 2 is 2.06 bits per heavy atom. The number of hydrogen-bond acceptors (Lipinski definition) is 4. The minimum atomic E-state index is -0.970. The van der Waals surface area contributed by atoms with E-state index in [4.69, 9.17) is 5.73 Å². The number of nitro groups is 1. The second-order valence-electron chi connectivity index (χ2n) is 3.07. The standard InChI is InChI=1S/C9H9N3O4/c1-5-4-6(12(15)16)2-3-7(5)8(13)11-9(10)14/h2-4H,1H3,(H3,10,11,13,14). The van der Waals surface area contributed by atoms with Gasteiger partial charge in [0.15, 0.2) is 0 Å². The molecule has 1 aromatic rings. The minimum Gasteiger partial charge on any atom is -0.351 e. The van der Waals surface area contributed by atoms with Gasteiger partial charge in [-0.25, -0.2) is 4.79 Å². The predicted octanol–water partition coefficient (Wildman–Crippen LogP) is 0.712. The monoisotopic (exact) mass is 223 g/mol. The van der Waals surface area contributed by atoms with E-state index in [-0.39, 0.29) is 11.3 Å². The molecule has 7 nitrogen and oxygen atoms in total. The maximum absolute atomic E-state index is 11.4. The van der Waals surface area contributed by atoms with Crippen LogP contribution in [0, 0.1) is 17.0 Å². The van der Waals surface area contributed by atoms with E-state index in [9.17, 15) is 19.7 Å². The van der Waals surface area contributed by atoms with Crippen molar-refractivity contribution in [3.05, 3.63) is 39.4 Å². The summed E-state index contributed by atoms with van der Waals surface area (Å²) in [5.41, 5.74) is 5.23. The van der Waals surface area contributed by atoms with Crippen molar-refractivity contribution in [1.82, 2.24) is 5.32 Å². The number of nitrogens with zero attached hydrogens (tertiary/aromatic N) is 1. The van der Waals surface area contributed by atoms with Gasteiger partial charge in [0.05, 0.1) is 4.92 Å². The second kappa shape index (κ2) is 4.39. The van der Waals surface area contributed by atoms with Crippen LogP contribution in [0.15, 0.2) is 18.2 Å². The Hall–Kier alpha value is -2.44. The van der Waals surface area contributed by atoms with Gasteiger partial charge in [0.25, 0.3) is 11.6 Å². The highest BCUT2D eigenvalue weighted by atomic mass is 16.6. The van der Waals surface area contributed by atoms with Crippen LogP contribution in [0.1, 0.15) is 15.9 Å². The summed E-state index contributed by atoms with van der Waals surface area (Å²) in [4.78, 5) is 31.7. The Balaban J connectivity index is 3.03. The molecule has 0 heterocycles. The van der Waals surface area contributed by atoms with Crippen LogP contribution in [0.2, 0.25) is 0 Å². The number of carbonyl (C=O) groups is 2. The first-order valence-electron chi connectivity index (χ1n) is 4.27. The molecular formula is C9H9N3O4. The zero-order chi connectivity index (χ0) is 12.3. The van der Waals surface area contributed by atoms with Crippen LogP contribution in [0.4, 0.5) is 10.5 Å². The molecule has 0 saturated carbocycles. The molecule has 0 unspecified atom stereocenters. The van der Waals surface area contributed by atoms with Gasteiger partial charge in [-0.05, 0) is 18.6 Å².